The molecular weight excluding hydrogens is 273 g/mol. The van der Waals surface area contributed by atoms with Gasteiger partial charge in [0.25, 0.3) is 0 Å². The molecule has 0 radical (unpaired) electrons. The lowest BCUT2D eigenvalue weighted by Gasteiger charge is -2.23. The quantitative estimate of drug-likeness (QED) is 0.910. The molecule has 0 bridgehead atoms. The predicted molar refractivity (Wildman–Crippen MR) is 73.9 cm³/mol. The number of nitrogens with zero attached hydrogens (tertiary/aromatic N) is 4. The average Bonchev–Trinajstić information content (AvgIpc) is 3.03. The van der Waals surface area contributed by atoms with Gasteiger partial charge in [-0.1, -0.05) is 13.8 Å². The van der Waals surface area contributed by atoms with Gasteiger partial charge in [-0.05, 0) is 18.6 Å². The lowest BCUT2D eigenvalue weighted by molar-refractivity contribution is -0.0333. The van der Waals surface area contributed by atoms with E-state index in [2.05, 4.69) is 10.1 Å². The number of ether oxygens (including phenoxy) is 1. The van der Waals surface area contributed by atoms with E-state index in [0.29, 0.717) is 17.6 Å². The van der Waals surface area contributed by atoms with Gasteiger partial charge in [0.15, 0.2) is 12.0 Å². The SMILES string of the molecule is CC[C@H]1OC(C#N)(c2ccc3c(N)ncnn23)[C@H](F)[C@@H]1C. The monoisotopic (exact) mass is 289 g/mol. The Hall–Kier alpha value is -2.20. The third-order valence-electron chi connectivity index (χ3n) is 4.20. The minimum Gasteiger partial charge on any atom is -0.382 e. The molecule has 6 nitrogen and oxygen atoms in total. The first-order valence-electron chi connectivity index (χ1n) is 6.87. The molecule has 0 spiro atoms. The van der Waals surface area contributed by atoms with E-state index in [4.69, 9.17) is 10.5 Å². The molecule has 2 aromatic heterocycles. The van der Waals surface area contributed by atoms with Crippen molar-refractivity contribution in [3.63, 3.8) is 0 Å². The highest BCUT2D eigenvalue weighted by molar-refractivity contribution is 5.66. The first kappa shape index (κ1) is 13.8. The summed E-state index contributed by atoms with van der Waals surface area (Å²) in [6, 6.07) is 5.31. The van der Waals surface area contributed by atoms with Gasteiger partial charge < -0.3 is 10.5 Å². The van der Waals surface area contributed by atoms with Gasteiger partial charge in [-0.3, -0.25) is 0 Å². The van der Waals surface area contributed by atoms with Gasteiger partial charge in [0, 0.05) is 5.92 Å². The number of anilines is 1. The van der Waals surface area contributed by atoms with Crippen LogP contribution in [0.3, 0.4) is 0 Å². The second-order valence-corrected chi connectivity index (χ2v) is 5.33. The number of aromatic nitrogens is 3. The Balaban J connectivity index is 2.20. The molecule has 3 rings (SSSR count). The summed E-state index contributed by atoms with van der Waals surface area (Å²) in [6.07, 6.45) is 0.191. The molecule has 7 heteroatoms. The molecule has 4 atom stereocenters. The summed E-state index contributed by atoms with van der Waals surface area (Å²) in [5, 5.41) is 13.7. The number of fused-ring (bicyclic) bond motifs is 1. The molecule has 110 valence electrons. The van der Waals surface area contributed by atoms with Crippen LogP contribution in [-0.4, -0.2) is 26.9 Å². The van der Waals surface area contributed by atoms with E-state index in [-0.39, 0.29) is 17.8 Å². The number of hydrogen-bond acceptors (Lipinski definition) is 5. The van der Waals surface area contributed by atoms with Crippen molar-refractivity contribution in [2.24, 2.45) is 5.92 Å². The summed E-state index contributed by atoms with van der Waals surface area (Å²) in [4.78, 5) is 3.89. The number of hydrogen-bond donors (Lipinski definition) is 1. The van der Waals surface area contributed by atoms with E-state index in [1.807, 2.05) is 13.0 Å². The third kappa shape index (κ3) is 1.72. The fourth-order valence-corrected chi connectivity index (χ4v) is 3.01. The molecule has 0 aliphatic carbocycles. The minimum atomic E-state index is -1.66. The Bertz CT molecular complexity index is 724. The number of halogens is 1. The Kier molecular flexibility index (Phi) is 3.06. The van der Waals surface area contributed by atoms with Crippen molar-refractivity contribution in [1.82, 2.24) is 14.6 Å². The second kappa shape index (κ2) is 4.67. The number of nitrogen functional groups attached to an aromatic ring is 1. The summed E-state index contributed by atoms with van der Waals surface area (Å²) in [6.45, 7) is 3.68. The number of alkyl halides is 1. The smallest absolute Gasteiger partial charge is 0.228 e. The molecule has 1 aliphatic rings. The molecule has 1 fully saturated rings. The number of rotatable bonds is 2. The van der Waals surface area contributed by atoms with Gasteiger partial charge in [0.05, 0.1) is 11.8 Å². The highest BCUT2D eigenvalue weighted by Crippen LogP contribution is 2.45. The summed E-state index contributed by atoms with van der Waals surface area (Å²) >= 11 is 0. The summed E-state index contributed by atoms with van der Waals surface area (Å²) in [5.41, 5.74) is 5.00. The minimum absolute atomic E-state index is 0.276. The molecule has 21 heavy (non-hydrogen) atoms. The Labute approximate surface area is 121 Å². The van der Waals surface area contributed by atoms with Crippen LogP contribution in [0.1, 0.15) is 26.0 Å². The van der Waals surface area contributed by atoms with Crippen molar-refractivity contribution in [3.05, 3.63) is 24.2 Å². The predicted octanol–water partition coefficient (Wildman–Crippen LogP) is 1.81. The van der Waals surface area contributed by atoms with E-state index in [1.165, 1.54) is 10.8 Å². The van der Waals surface area contributed by atoms with Crippen molar-refractivity contribution in [1.29, 1.82) is 5.26 Å². The Morgan fingerprint density at radius 3 is 2.95 bits per heavy atom. The highest BCUT2D eigenvalue weighted by Gasteiger charge is 2.56. The zero-order chi connectivity index (χ0) is 15.2. The fraction of sp³-hybridized carbons (Fsp3) is 0.500. The van der Waals surface area contributed by atoms with E-state index < -0.39 is 11.8 Å². The third-order valence-corrected chi connectivity index (χ3v) is 4.20. The van der Waals surface area contributed by atoms with Crippen molar-refractivity contribution < 1.29 is 9.13 Å². The van der Waals surface area contributed by atoms with Crippen molar-refractivity contribution >= 4 is 11.3 Å². The Morgan fingerprint density at radius 1 is 1.57 bits per heavy atom. The van der Waals surface area contributed by atoms with Crippen molar-refractivity contribution in [2.45, 2.75) is 38.1 Å². The van der Waals surface area contributed by atoms with Crippen LogP contribution < -0.4 is 5.73 Å². The van der Waals surface area contributed by atoms with E-state index in [0.717, 1.165) is 0 Å². The van der Waals surface area contributed by atoms with Gasteiger partial charge in [-0.2, -0.15) is 10.4 Å². The van der Waals surface area contributed by atoms with Crippen LogP contribution in [0.5, 0.6) is 0 Å². The first-order valence-corrected chi connectivity index (χ1v) is 6.87. The van der Waals surface area contributed by atoms with Crippen LogP contribution in [0.2, 0.25) is 0 Å². The Morgan fingerprint density at radius 2 is 2.33 bits per heavy atom. The lowest BCUT2D eigenvalue weighted by Crippen LogP contribution is -2.35. The van der Waals surface area contributed by atoms with Crippen molar-refractivity contribution in [2.75, 3.05) is 5.73 Å². The lowest BCUT2D eigenvalue weighted by atomic mass is 9.89. The van der Waals surface area contributed by atoms with Gasteiger partial charge in [0.1, 0.15) is 17.9 Å². The maximum Gasteiger partial charge on any atom is 0.228 e. The van der Waals surface area contributed by atoms with Gasteiger partial charge in [-0.15, -0.1) is 0 Å². The van der Waals surface area contributed by atoms with Crippen molar-refractivity contribution in [3.8, 4) is 6.07 Å². The zero-order valence-corrected chi connectivity index (χ0v) is 11.8. The molecular formula is C14H16FN5O. The molecule has 1 saturated heterocycles. The molecule has 0 aromatic carbocycles. The van der Waals surface area contributed by atoms with E-state index in [1.54, 1.807) is 19.1 Å². The topological polar surface area (TPSA) is 89.2 Å². The molecule has 1 aliphatic heterocycles. The van der Waals surface area contributed by atoms with Crippen LogP contribution in [-0.2, 0) is 10.3 Å². The number of nitrogens with two attached hydrogens (primary N) is 1. The maximum absolute atomic E-state index is 14.8. The fourth-order valence-electron chi connectivity index (χ4n) is 3.01. The molecule has 1 unspecified atom stereocenters. The molecule has 2 aromatic rings. The molecule has 2 N–H and O–H groups in total. The summed E-state index contributed by atoms with van der Waals surface area (Å²) in [5.74, 6) is -0.0859. The second-order valence-electron chi connectivity index (χ2n) is 5.33. The average molecular weight is 289 g/mol. The standard InChI is InChI=1S/C14H16FN5O/c1-3-10-8(2)12(15)14(6-16,21-10)11-5-4-9-13(17)18-7-19-20(9)11/h4-5,7-8,10,12H,3H2,1-2H3,(H2,17,18,19)/t8-,10-,12-,14?/m1/s1. The summed E-state index contributed by atoms with van der Waals surface area (Å²) in [7, 11) is 0. The molecule has 0 saturated carbocycles. The van der Waals surface area contributed by atoms with Crippen LogP contribution in [0, 0.1) is 17.2 Å². The van der Waals surface area contributed by atoms with Gasteiger partial charge in [0.2, 0.25) is 5.60 Å². The van der Waals surface area contributed by atoms with Crippen LogP contribution >= 0.6 is 0 Å². The van der Waals surface area contributed by atoms with Gasteiger partial charge in [-0.25, -0.2) is 13.9 Å². The largest absolute Gasteiger partial charge is 0.382 e. The number of nitriles is 1. The van der Waals surface area contributed by atoms with Crippen LogP contribution in [0.15, 0.2) is 18.5 Å². The van der Waals surface area contributed by atoms with Gasteiger partial charge >= 0.3 is 0 Å². The van der Waals surface area contributed by atoms with Crippen LogP contribution in [0.25, 0.3) is 5.52 Å². The van der Waals surface area contributed by atoms with E-state index in [9.17, 15) is 9.65 Å². The van der Waals surface area contributed by atoms with E-state index >= 15 is 0 Å². The maximum atomic E-state index is 14.8. The highest BCUT2D eigenvalue weighted by atomic mass is 19.1. The molecule has 0 amide bonds. The van der Waals surface area contributed by atoms with Crippen LogP contribution in [0.4, 0.5) is 10.2 Å². The zero-order valence-electron chi connectivity index (χ0n) is 11.8. The first-order chi connectivity index (χ1) is 10.0. The molecule has 3 heterocycles. The summed E-state index contributed by atoms with van der Waals surface area (Å²) < 4.78 is 22.1. The normalized spacial score (nSPS) is 32.4.